The second-order valence-corrected chi connectivity index (χ2v) is 8.99. The van der Waals surface area contributed by atoms with Gasteiger partial charge in [0, 0.05) is 10.9 Å². The zero-order chi connectivity index (χ0) is 15.3. The first kappa shape index (κ1) is 16.9. The van der Waals surface area contributed by atoms with Gasteiger partial charge in [-0.15, -0.1) is 11.3 Å². The van der Waals surface area contributed by atoms with Crippen molar-refractivity contribution in [2.75, 3.05) is 13.6 Å². The van der Waals surface area contributed by atoms with Gasteiger partial charge in [-0.25, -0.2) is 13.1 Å². The largest absolute Gasteiger partial charge is 0.319 e. The Labute approximate surface area is 132 Å². The van der Waals surface area contributed by atoms with E-state index in [0.29, 0.717) is 10.1 Å². The lowest BCUT2D eigenvalue weighted by atomic mass is 9.85. The number of hydrogen-bond donors (Lipinski definition) is 2. The summed E-state index contributed by atoms with van der Waals surface area (Å²) in [5.74, 6) is 0.484. The van der Waals surface area contributed by atoms with Crippen molar-refractivity contribution in [3.8, 4) is 0 Å². The predicted molar refractivity (Wildman–Crippen MR) is 88.3 cm³/mol. The maximum Gasteiger partial charge on any atom is 0.250 e. The first-order chi connectivity index (χ1) is 10.0. The molecule has 1 aliphatic rings. The van der Waals surface area contributed by atoms with Gasteiger partial charge >= 0.3 is 0 Å². The molecule has 1 aromatic rings. The van der Waals surface area contributed by atoms with Gasteiger partial charge in [0.2, 0.25) is 10.0 Å². The Balaban J connectivity index is 1.98. The van der Waals surface area contributed by atoms with Gasteiger partial charge in [-0.05, 0) is 57.8 Å². The minimum atomic E-state index is -3.36. The van der Waals surface area contributed by atoms with Gasteiger partial charge in [-0.3, -0.25) is 0 Å². The Hall–Kier alpha value is -0.430. The quantitative estimate of drug-likeness (QED) is 0.808. The Bertz CT molecular complexity index is 534. The van der Waals surface area contributed by atoms with Crippen molar-refractivity contribution in [2.24, 2.45) is 5.92 Å². The molecule has 0 amide bonds. The number of thiophene rings is 1. The molecule has 2 N–H and O–H groups in total. The van der Waals surface area contributed by atoms with Gasteiger partial charge in [-0.1, -0.05) is 19.3 Å². The molecule has 1 fully saturated rings. The summed E-state index contributed by atoms with van der Waals surface area (Å²) in [4.78, 5) is 1.11. The zero-order valence-electron chi connectivity index (χ0n) is 12.9. The molecule has 0 aliphatic heterocycles. The van der Waals surface area contributed by atoms with E-state index in [-0.39, 0.29) is 6.04 Å². The number of rotatable bonds is 7. The molecule has 1 aromatic heterocycles. The second-order valence-electron chi connectivity index (χ2n) is 5.88. The van der Waals surface area contributed by atoms with E-state index in [0.717, 1.165) is 30.7 Å². The fourth-order valence-electron chi connectivity index (χ4n) is 2.92. The lowest BCUT2D eigenvalue weighted by Gasteiger charge is -2.27. The van der Waals surface area contributed by atoms with Crippen LogP contribution in [-0.2, 0) is 16.4 Å². The van der Waals surface area contributed by atoms with Gasteiger partial charge in [0.1, 0.15) is 4.21 Å². The third-order valence-electron chi connectivity index (χ3n) is 4.22. The summed E-state index contributed by atoms with van der Waals surface area (Å²) in [5.41, 5.74) is 0. The van der Waals surface area contributed by atoms with E-state index in [9.17, 15) is 8.42 Å². The molecule has 1 saturated carbocycles. The highest BCUT2D eigenvalue weighted by Gasteiger charge is 2.25. The molecule has 0 bridgehead atoms. The molecule has 0 spiro atoms. The fourth-order valence-corrected chi connectivity index (χ4v) is 5.60. The zero-order valence-corrected chi connectivity index (χ0v) is 14.5. The molecule has 2 rings (SSSR count). The minimum absolute atomic E-state index is 0.0261. The first-order valence-corrected chi connectivity index (χ1v) is 10.1. The third-order valence-corrected chi connectivity index (χ3v) is 7.42. The van der Waals surface area contributed by atoms with Crippen LogP contribution < -0.4 is 10.0 Å². The van der Waals surface area contributed by atoms with Crippen LogP contribution in [0.1, 0.15) is 43.9 Å². The molecule has 21 heavy (non-hydrogen) atoms. The summed E-state index contributed by atoms with van der Waals surface area (Å²) < 4.78 is 28.2. The topological polar surface area (TPSA) is 58.2 Å². The van der Waals surface area contributed by atoms with Gasteiger partial charge in [0.05, 0.1) is 0 Å². The highest BCUT2D eigenvalue weighted by Crippen LogP contribution is 2.28. The molecule has 6 heteroatoms. The number of hydrogen-bond acceptors (Lipinski definition) is 4. The molecule has 120 valence electrons. The molecular formula is C15H26N2O2S2. The average molecular weight is 331 g/mol. The van der Waals surface area contributed by atoms with Crippen molar-refractivity contribution in [2.45, 2.75) is 55.7 Å². The van der Waals surface area contributed by atoms with Gasteiger partial charge in [-0.2, -0.15) is 0 Å². The Morgan fingerprint density at radius 1 is 1.29 bits per heavy atom. The van der Waals surface area contributed by atoms with E-state index >= 15 is 0 Å². The van der Waals surface area contributed by atoms with E-state index in [1.807, 2.05) is 20.0 Å². The van der Waals surface area contributed by atoms with Crippen LogP contribution in [0.5, 0.6) is 0 Å². The summed E-state index contributed by atoms with van der Waals surface area (Å²) in [6.07, 6.45) is 6.89. The van der Waals surface area contributed by atoms with Crippen molar-refractivity contribution < 1.29 is 8.42 Å². The van der Waals surface area contributed by atoms with Crippen LogP contribution in [0.2, 0.25) is 0 Å². The van der Waals surface area contributed by atoms with Crippen LogP contribution in [0.25, 0.3) is 0 Å². The standard InChI is InChI=1S/C15H26N2O2S2/c1-12(13-6-4-3-5-7-13)17-21(18,19)15-9-8-14(20-15)10-11-16-2/h8-9,12-13,16-17H,3-7,10-11H2,1-2H3. The van der Waals surface area contributed by atoms with Gasteiger partial charge < -0.3 is 5.32 Å². The first-order valence-electron chi connectivity index (χ1n) is 7.78. The smallest absolute Gasteiger partial charge is 0.250 e. The Morgan fingerprint density at radius 2 is 2.00 bits per heavy atom. The molecular weight excluding hydrogens is 304 g/mol. The molecule has 1 heterocycles. The molecule has 0 saturated heterocycles. The maximum atomic E-state index is 12.5. The normalized spacial score (nSPS) is 18.8. The summed E-state index contributed by atoms with van der Waals surface area (Å²) in [6, 6.07) is 3.67. The van der Waals surface area contributed by atoms with Crippen LogP contribution in [0, 0.1) is 5.92 Å². The lowest BCUT2D eigenvalue weighted by Crippen LogP contribution is -2.38. The van der Waals surface area contributed by atoms with E-state index in [2.05, 4.69) is 10.0 Å². The highest BCUT2D eigenvalue weighted by molar-refractivity contribution is 7.91. The molecule has 1 aliphatic carbocycles. The van der Waals surface area contributed by atoms with Crippen molar-refractivity contribution in [3.63, 3.8) is 0 Å². The van der Waals surface area contributed by atoms with Crippen molar-refractivity contribution in [1.82, 2.24) is 10.0 Å². The van der Waals surface area contributed by atoms with Crippen molar-refractivity contribution >= 4 is 21.4 Å². The summed E-state index contributed by atoms with van der Waals surface area (Å²) in [5, 5.41) is 3.08. The number of likely N-dealkylation sites (N-methyl/N-ethyl adjacent to an activating group) is 1. The summed E-state index contributed by atoms with van der Waals surface area (Å²) >= 11 is 1.38. The van der Waals surface area contributed by atoms with Gasteiger partial charge in [0.25, 0.3) is 0 Å². The second kappa shape index (κ2) is 7.72. The van der Waals surface area contributed by atoms with Crippen LogP contribution in [0.3, 0.4) is 0 Å². The highest BCUT2D eigenvalue weighted by atomic mass is 32.2. The lowest BCUT2D eigenvalue weighted by molar-refractivity contribution is 0.303. The average Bonchev–Trinajstić information content (AvgIpc) is 2.95. The molecule has 1 atom stereocenters. The van der Waals surface area contributed by atoms with E-state index in [1.54, 1.807) is 6.07 Å². The van der Waals surface area contributed by atoms with Crippen LogP contribution in [0.4, 0.5) is 0 Å². The summed E-state index contributed by atoms with van der Waals surface area (Å²) in [6.45, 7) is 2.87. The number of sulfonamides is 1. The van der Waals surface area contributed by atoms with Gasteiger partial charge in [0.15, 0.2) is 0 Å². The van der Waals surface area contributed by atoms with Crippen LogP contribution in [0.15, 0.2) is 16.3 Å². The SMILES string of the molecule is CNCCc1ccc(S(=O)(=O)NC(C)C2CCCCC2)s1. The Morgan fingerprint density at radius 3 is 2.67 bits per heavy atom. The molecule has 0 aromatic carbocycles. The summed E-state index contributed by atoms with van der Waals surface area (Å²) in [7, 11) is -1.46. The van der Waals surface area contributed by atoms with E-state index < -0.39 is 10.0 Å². The Kier molecular flexibility index (Phi) is 6.22. The van der Waals surface area contributed by atoms with Crippen molar-refractivity contribution in [3.05, 3.63) is 17.0 Å². The van der Waals surface area contributed by atoms with E-state index in [4.69, 9.17) is 0 Å². The predicted octanol–water partition coefficient (Wildman–Crippen LogP) is 2.76. The maximum absolute atomic E-state index is 12.5. The van der Waals surface area contributed by atoms with E-state index in [1.165, 1.54) is 30.6 Å². The number of nitrogens with one attached hydrogen (secondary N) is 2. The molecule has 4 nitrogen and oxygen atoms in total. The van der Waals surface area contributed by atoms with Crippen LogP contribution >= 0.6 is 11.3 Å². The fraction of sp³-hybridized carbons (Fsp3) is 0.733. The third kappa shape index (κ3) is 4.77. The molecule has 1 unspecified atom stereocenters. The molecule has 0 radical (unpaired) electrons. The van der Waals surface area contributed by atoms with Crippen molar-refractivity contribution in [1.29, 1.82) is 0 Å². The minimum Gasteiger partial charge on any atom is -0.319 e. The van der Waals surface area contributed by atoms with Crippen LogP contribution in [-0.4, -0.2) is 28.1 Å². The monoisotopic (exact) mass is 330 g/mol.